The molecule has 0 atom stereocenters. The van der Waals surface area contributed by atoms with E-state index in [2.05, 4.69) is 4.98 Å². The van der Waals surface area contributed by atoms with E-state index in [-0.39, 0.29) is 0 Å². The zero-order chi connectivity index (χ0) is 5.28. The fourth-order valence-corrected chi connectivity index (χ4v) is 0.286. The Labute approximate surface area is 39.0 Å². The second-order valence-electron chi connectivity index (χ2n) is 1.08. The van der Waals surface area contributed by atoms with Gasteiger partial charge in [-0.2, -0.15) is 0 Å². The van der Waals surface area contributed by atoms with Crippen LogP contribution < -0.4 is 0 Å². The lowest BCUT2D eigenvalue weighted by atomic mass is 10.6. The summed E-state index contributed by atoms with van der Waals surface area (Å²) in [4.78, 5) is 2.12. The normalized spacial score (nSPS) is 9.43. The number of nitrogens with one attached hydrogen (secondary N) is 1. The van der Waals surface area contributed by atoms with Crippen LogP contribution in [0.1, 0.15) is 0 Å². The van der Waals surface area contributed by atoms with Crippen LogP contribution in [0.4, 0.5) is 8.78 Å². The molecule has 0 unspecified atom stereocenters. The molecule has 0 aromatic carbocycles. The maximum absolute atomic E-state index is 11.6. The van der Waals surface area contributed by atoms with Gasteiger partial charge in [0.05, 0.1) is 0 Å². The smallest absolute Gasteiger partial charge is 0.185 e. The van der Waals surface area contributed by atoms with Gasteiger partial charge in [-0.25, -0.2) is 8.78 Å². The molecule has 1 radical (unpaired) electrons. The Hall–Kier alpha value is -0.860. The van der Waals surface area contributed by atoms with Crippen LogP contribution in [0.2, 0.25) is 0 Å². The summed E-state index contributed by atoms with van der Waals surface area (Å²) < 4.78 is 23.3. The summed E-state index contributed by atoms with van der Waals surface area (Å²) in [5.41, 5.74) is 0. The van der Waals surface area contributed by atoms with Gasteiger partial charge in [-0.15, -0.1) is 0 Å². The van der Waals surface area contributed by atoms with E-state index in [1.807, 2.05) is 6.20 Å². The molecule has 0 aliphatic carbocycles. The molecule has 0 spiro atoms. The third-order valence-electron chi connectivity index (χ3n) is 0.590. The molecular formula is C4H2F2N. The summed E-state index contributed by atoms with van der Waals surface area (Å²) in [6.45, 7) is 0. The molecule has 1 N–H and O–H groups in total. The standard InChI is InChI=1S/C4H2F2N/c5-3-1-7-2-4(3)6/h1,7H. The van der Waals surface area contributed by atoms with Crippen molar-refractivity contribution < 1.29 is 8.78 Å². The van der Waals surface area contributed by atoms with E-state index in [1.165, 1.54) is 0 Å². The molecule has 1 rings (SSSR count). The molecule has 0 saturated carbocycles. The van der Waals surface area contributed by atoms with Crippen molar-refractivity contribution in [1.82, 2.24) is 4.98 Å². The number of halogens is 2. The van der Waals surface area contributed by atoms with Crippen molar-refractivity contribution >= 4 is 0 Å². The van der Waals surface area contributed by atoms with E-state index in [0.29, 0.717) is 0 Å². The monoisotopic (exact) mass is 102 g/mol. The largest absolute Gasteiger partial charge is 0.355 e. The first-order valence-corrected chi connectivity index (χ1v) is 1.71. The zero-order valence-corrected chi connectivity index (χ0v) is 3.33. The Bertz CT molecular complexity index is 142. The van der Waals surface area contributed by atoms with Gasteiger partial charge < -0.3 is 4.98 Å². The highest BCUT2D eigenvalue weighted by atomic mass is 19.2. The van der Waals surface area contributed by atoms with Gasteiger partial charge in [0.15, 0.2) is 11.6 Å². The van der Waals surface area contributed by atoms with Crippen LogP contribution in [-0.2, 0) is 0 Å². The number of aromatic nitrogens is 1. The second-order valence-corrected chi connectivity index (χ2v) is 1.08. The van der Waals surface area contributed by atoms with Gasteiger partial charge in [0.2, 0.25) is 0 Å². The second kappa shape index (κ2) is 1.33. The van der Waals surface area contributed by atoms with Crippen LogP contribution in [0.15, 0.2) is 6.20 Å². The summed E-state index contributed by atoms with van der Waals surface area (Å²) in [7, 11) is 0. The number of hydrogen-bond acceptors (Lipinski definition) is 0. The fourth-order valence-electron chi connectivity index (χ4n) is 0.286. The molecule has 1 aromatic rings. The number of aromatic amines is 1. The van der Waals surface area contributed by atoms with Crippen LogP contribution in [-0.4, -0.2) is 4.98 Å². The third kappa shape index (κ3) is 0.607. The van der Waals surface area contributed by atoms with Crippen molar-refractivity contribution in [3.63, 3.8) is 0 Å². The van der Waals surface area contributed by atoms with Crippen molar-refractivity contribution in [3.05, 3.63) is 24.0 Å². The van der Waals surface area contributed by atoms with E-state index >= 15 is 0 Å². The minimum absolute atomic E-state index is 0.889. The van der Waals surface area contributed by atoms with E-state index in [1.54, 1.807) is 0 Å². The van der Waals surface area contributed by atoms with Crippen LogP contribution >= 0.6 is 0 Å². The highest BCUT2D eigenvalue weighted by Crippen LogP contribution is 1.98. The molecule has 0 amide bonds. The molecule has 1 heterocycles. The van der Waals surface area contributed by atoms with Gasteiger partial charge in [0.1, 0.15) is 6.20 Å². The first-order valence-electron chi connectivity index (χ1n) is 1.71. The molecule has 0 saturated heterocycles. The van der Waals surface area contributed by atoms with E-state index in [4.69, 9.17) is 0 Å². The van der Waals surface area contributed by atoms with Crippen LogP contribution in [0.25, 0.3) is 0 Å². The Morgan fingerprint density at radius 2 is 2.29 bits per heavy atom. The van der Waals surface area contributed by atoms with E-state index in [0.717, 1.165) is 6.20 Å². The topological polar surface area (TPSA) is 15.8 Å². The minimum atomic E-state index is -0.958. The predicted molar refractivity (Wildman–Crippen MR) is 19.5 cm³/mol. The van der Waals surface area contributed by atoms with Crippen LogP contribution in [0, 0.1) is 17.8 Å². The SMILES string of the molecule is Fc1[c][nH]cc1F. The van der Waals surface area contributed by atoms with Gasteiger partial charge >= 0.3 is 0 Å². The van der Waals surface area contributed by atoms with Crippen molar-refractivity contribution in [1.29, 1.82) is 0 Å². The Balaban J connectivity index is 3.12. The fraction of sp³-hybridized carbons (Fsp3) is 0. The number of H-pyrrole nitrogens is 1. The molecule has 0 bridgehead atoms. The molecule has 1 nitrogen and oxygen atoms in total. The Morgan fingerprint density at radius 1 is 1.57 bits per heavy atom. The Morgan fingerprint density at radius 3 is 2.43 bits per heavy atom. The van der Waals surface area contributed by atoms with Gasteiger partial charge in [-0.1, -0.05) is 0 Å². The van der Waals surface area contributed by atoms with E-state index < -0.39 is 11.6 Å². The van der Waals surface area contributed by atoms with Gasteiger partial charge in [0.25, 0.3) is 0 Å². The molecule has 0 fully saturated rings. The van der Waals surface area contributed by atoms with Crippen molar-refractivity contribution in [2.75, 3.05) is 0 Å². The third-order valence-corrected chi connectivity index (χ3v) is 0.590. The van der Waals surface area contributed by atoms with Gasteiger partial charge in [0, 0.05) is 6.20 Å². The Kier molecular flexibility index (Phi) is 0.817. The van der Waals surface area contributed by atoms with E-state index in [9.17, 15) is 8.78 Å². The first-order chi connectivity index (χ1) is 3.30. The molecule has 0 aliphatic rings. The van der Waals surface area contributed by atoms with Crippen molar-refractivity contribution in [2.45, 2.75) is 0 Å². The number of rotatable bonds is 0. The minimum Gasteiger partial charge on any atom is -0.355 e. The highest BCUT2D eigenvalue weighted by Gasteiger charge is 1.97. The first kappa shape index (κ1) is 4.30. The molecule has 37 valence electrons. The lowest BCUT2D eigenvalue weighted by Gasteiger charge is -1.69. The van der Waals surface area contributed by atoms with Gasteiger partial charge in [-0.3, -0.25) is 0 Å². The summed E-state index contributed by atoms with van der Waals surface area (Å²) >= 11 is 0. The molecule has 0 aliphatic heterocycles. The van der Waals surface area contributed by atoms with Gasteiger partial charge in [-0.05, 0) is 0 Å². The maximum atomic E-state index is 11.6. The zero-order valence-electron chi connectivity index (χ0n) is 3.33. The molecule has 7 heavy (non-hydrogen) atoms. The lowest BCUT2D eigenvalue weighted by Crippen LogP contribution is -1.67. The highest BCUT2D eigenvalue weighted by molar-refractivity contribution is 4.93. The average Bonchev–Trinajstić information content (AvgIpc) is 1.91. The van der Waals surface area contributed by atoms with Crippen molar-refractivity contribution in [3.8, 4) is 0 Å². The lowest BCUT2D eigenvalue weighted by molar-refractivity contribution is 0.515. The predicted octanol–water partition coefficient (Wildman–Crippen LogP) is 1.09. The summed E-state index contributed by atoms with van der Waals surface area (Å²) in [6.07, 6.45) is 2.80. The van der Waals surface area contributed by atoms with Crippen molar-refractivity contribution in [2.24, 2.45) is 0 Å². The number of hydrogen-bond donors (Lipinski definition) is 1. The average molecular weight is 102 g/mol. The molecule has 3 heteroatoms. The van der Waals surface area contributed by atoms with Crippen LogP contribution in [0.5, 0.6) is 0 Å². The molecular weight excluding hydrogens is 100 g/mol. The maximum Gasteiger partial charge on any atom is 0.185 e. The summed E-state index contributed by atoms with van der Waals surface area (Å²) in [6, 6.07) is 0. The quantitative estimate of drug-likeness (QED) is 0.504. The molecule has 1 aromatic heterocycles. The summed E-state index contributed by atoms with van der Waals surface area (Å²) in [5.74, 6) is -1.85. The van der Waals surface area contributed by atoms with Crippen LogP contribution in [0.3, 0.4) is 0 Å². The summed E-state index contributed by atoms with van der Waals surface area (Å²) in [5, 5.41) is 0.